The minimum Gasteiger partial charge on any atom is -0.263 e. The highest BCUT2D eigenvalue weighted by Gasteiger charge is 2.33. The molecule has 1 aliphatic rings. The van der Waals surface area contributed by atoms with E-state index in [4.69, 9.17) is 0 Å². The smallest absolute Gasteiger partial charge is 0.263 e. The molecule has 0 amide bonds. The molecule has 0 saturated carbocycles. The topological polar surface area (TPSA) is 37.4 Å². The Hall–Kier alpha value is -1.88. The standard InChI is InChI=1S/C17H18FNO2S/c1-12-3-8-16(9-4-12)22(20,21)19-13(2)5-6-14-11-15(18)7-10-17(14)19/h3-4,7-11,13H,5-6H2,1-2H3. The molecule has 1 heterocycles. The van der Waals surface area contributed by atoms with Gasteiger partial charge in [0.25, 0.3) is 10.0 Å². The van der Waals surface area contributed by atoms with Gasteiger partial charge in [-0.15, -0.1) is 0 Å². The van der Waals surface area contributed by atoms with Gasteiger partial charge >= 0.3 is 0 Å². The normalized spacial score (nSPS) is 18.1. The Labute approximate surface area is 130 Å². The summed E-state index contributed by atoms with van der Waals surface area (Å²) < 4.78 is 40.8. The van der Waals surface area contributed by atoms with Crippen LogP contribution in [0.2, 0.25) is 0 Å². The van der Waals surface area contributed by atoms with Crippen molar-refractivity contribution in [2.24, 2.45) is 0 Å². The zero-order valence-corrected chi connectivity index (χ0v) is 13.4. The van der Waals surface area contributed by atoms with E-state index in [2.05, 4.69) is 0 Å². The molecule has 0 bridgehead atoms. The van der Waals surface area contributed by atoms with Gasteiger partial charge in [0, 0.05) is 6.04 Å². The van der Waals surface area contributed by atoms with E-state index in [0.29, 0.717) is 18.5 Å². The van der Waals surface area contributed by atoms with E-state index in [1.807, 2.05) is 13.8 Å². The van der Waals surface area contributed by atoms with Gasteiger partial charge in [-0.3, -0.25) is 4.31 Å². The van der Waals surface area contributed by atoms with Crippen LogP contribution in [0.1, 0.15) is 24.5 Å². The molecule has 2 aromatic rings. The average Bonchev–Trinajstić information content (AvgIpc) is 2.47. The number of aryl methyl sites for hydroxylation is 2. The Morgan fingerprint density at radius 2 is 1.82 bits per heavy atom. The number of sulfonamides is 1. The van der Waals surface area contributed by atoms with Gasteiger partial charge in [0.2, 0.25) is 0 Å². The summed E-state index contributed by atoms with van der Waals surface area (Å²) in [5.41, 5.74) is 2.34. The van der Waals surface area contributed by atoms with Crippen molar-refractivity contribution in [1.82, 2.24) is 0 Å². The van der Waals surface area contributed by atoms with Crippen LogP contribution in [0.3, 0.4) is 0 Å². The van der Waals surface area contributed by atoms with Crippen LogP contribution in [-0.2, 0) is 16.4 Å². The lowest BCUT2D eigenvalue weighted by Crippen LogP contribution is -2.42. The molecule has 3 nitrogen and oxygen atoms in total. The number of rotatable bonds is 2. The van der Waals surface area contributed by atoms with Gasteiger partial charge in [0.1, 0.15) is 5.82 Å². The molecule has 116 valence electrons. The lowest BCUT2D eigenvalue weighted by Gasteiger charge is -2.36. The van der Waals surface area contributed by atoms with Gasteiger partial charge < -0.3 is 0 Å². The fraction of sp³-hybridized carbons (Fsp3) is 0.294. The number of hydrogen-bond donors (Lipinski definition) is 0. The first-order chi connectivity index (χ1) is 10.4. The third-order valence-electron chi connectivity index (χ3n) is 4.09. The second kappa shape index (κ2) is 5.39. The Kier molecular flexibility index (Phi) is 3.68. The number of anilines is 1. The molecule has 0 N–H and O–H groups in total. The summed E-state index contributed by atoms with van der Waals surface area (Å²) in [7, 11) is -3.64. The van der Waals surface area contributed by atoms with Gasteiger partial charge in [-0.2, -0.15) is 0 Å². The zero-order valence-electron chi connectivity index (χ0n) is 12.6. The highest BCUT2D eigenvalue weighted by Crippen LogP contribution is 2.35. The summed E-state index contributed by atoms with van der Waals surface area (Å²) in [4.78, 5) is 0.266. The van der Waals surface area contributed by atoms with Crippen molar-refractivity contribution in [1.29, 1.82) is 0 Å². The van der Waals surface area contributed by atoms with Crippen LogP contribution < -0.4 is 4.31 Å². The molecule has 3 rings (SSSR count). The number of fused-ring (bicyclic) bond motifs is 1. The third kappa shape index (κ3) is 2.50. The van der Waals surface area contributed by atoms with Crippen LogP contribution in [0.15, 0.2) is 47.4 Å². The molecule has 1 atom stereocenters. The highest BCUT2D eigenvalue weighted by molar-refractivity contribution is 7.92. The fourth-order valence-electron chi connectivity index (χ4n) is 2.88. The molecule has 0 aromatic heterocycles. The Bertz CT molecular complexity index is 800. The van der Waals surface area contributed by atoms with Crippen molar-refractivity contribution in [3.63, 3.8) is 0 Å². The SMILES string of the molecule is Cc1ccc(S(=O)(=O)N2c3ccc(F)cc3CCC2C)cc1. The zero-order chi connectivity index (χ0) is 15.9. The largest absolute Gasteiger partial charge is 0.264 e. The van der Waals surface area contributed by atoms with E-state index < -0.39 is 10.0 Å². The molecule has 0 spiro atoms. The molecular formula is C17H18FNO2S. The Balaban J connectivity index is 2.12. The van der Waals surface area contributed by atoms with Gasteiger partial charge in [-0.05, 0) is 62.6 Å². The van der Waals surface area contributed by atoms with Crippen LogP contribution in [0.25, 0.3) is 0 Å². The van der Waals surface area contributed by atoms with Crippen molar-refractivity contribution in [2.75, 3.05) is 4.31 Å². The highest BCUT2D eigenvalue weighted by atomic mass is 32.2. The molecule has 1 aliphatic heterocycles. The number of hydrogen-bond acceptors (Lipinski definition) is 2. The first kappa shape index (κ1) is 15.0. The molecule has 0 aliphatic carbocycles. The van der Waals surface area contributed by atoms with Crippen molar-refractivity contribution < 1.29 is 12.8 Å². The van der Waals surface area contributed by atoms with Crippen LogP contribution in [-0.4, -0.2) is 14.5 Å². The monoisotopic (exact) mass is 319 g/mol. The molecule has 0 fully saturated rings. The molecule has 1 unspecified atom stereocenters. The van der Waals surface area contributed by atoms with E-state index in [0.717, 1.165) is 11.1 Å². The quantitative estimate of drug-likeness (QED) is 0.847. The number of benzene rings is 2. The van der Waals surface area contributed by atoms with Crippen LogP contribution in [0.5, 0.6) is 0 Å². The first-order valence-electron chi connectivity index (χ1n) is 7.29. The average molecular weight is 319 g/mol. The second-order valence-electron chi connectivity index (χ2n) is 5.77. The molecule has 0 radical (unpaired) electrons. The minimum absolute atomic E-state index is 0.149. The number of halogens is 1. The van der Waals surface area contributed by atoms with Gasteiger partial charge in [-0.1, -0.05) is 17.7 Å². The maximum absolute atomic E-state index is 13.4. The third-order valence-corrected chi connectivity index (χ3v) is 6.03. The van der Waals surface area contributed by atoms with Crippen LogP contribution in [0, 0.1) is 12.7 Å². The summed E-state index contributed by atoms with van der Waals surface area (Å²) in [6, 6.07) is 11.0. The first-order valence-corrected chi connectivity index (χ1v) is 8.73. The molecule has 2 aromatic carbocycles. The van der Waals surface area contributed by atoms with Crippen molar-refractivity contribution >= 4 is 15.7 Å². The van der Waals surface area contributed by atoms with Crippen molar-refractivity contribution in [2.45, 2.75) is 37.6 Å². The maximum Gasteiger partial charge on any atom is 0.264 e. The predicted octanol–water partition coefficient (Wildman–Crippen LogP) is 3.66. The van der Waals surface area contributed by atoms with Crippen LogP contribution >= 0.6 is 0 Å². The van der Waals surface area contributed by atoms with E-state index in [-0.39, 0.29) is 16.8 Å². The van der Waals surface area contributed by atoms with Gasteiger partial charge in [-0.25, -0.2) is 12.8 Å². The van der Waals surface area contributed by atoms with Gasteiger partial charge in [0.05, 0.1) is 10.6 Å². The van der Waals surface area contributed by atoms with Crippen molar-refractivity contribution in [3.05, 3.63) is 59.4 Å². The second-order valence-corrected chi connectivity index (χ2v) is 7.59. The molecule has 0 saturated heterocycles. The fourth-order valence-corrected chi connectivity index (χ4v) is 4.60. The van der Waals surface area contributed by atoms with Crippen LogP contribution in [0.4, 0.5) is 10.1 Å². The van der Waals surface area contributed by atoms with E-state index in [9.17, 15) is 12.8 Å². The summed E-state index contributed by atoms with van der Waals surface area (Å²) >= 11 is 0. The van der Waals surface area contributed by atoms with Crippen molar-refractivity contribution in [3.8, 4) is 0 Å². The maximum atomic E-state index is 13.4. The predicted molar refractivity (Wildman–Crippen MR) is 85.0 cm³/mol. The summed E-state index contributed by atoms with van der Waals surface area (Å²) in [5, 5.41) is 0. The van der Waals surface area contributed by atoms with Gasteiger partial charge in [0.15, 0.2) is 0 Å². The summed E-state index contributed by atoms with van der Waals surface area (Å²) in [5.74, 6) is -0.332. The summed E-state index contributed by atoms with van der Waals surface area (Å²) in [6.45, 7) is 3.80. The lowest BCUT2D eigenvalue weighted by molar-refractivity contribution is 0.560. The molecular weight excluding hydrogens is 301 g/mol. The van der Waals surface area contributed by atoms with E-state index >= 15 is 0 Å². The minimum atomic E-state index is -3.64. The summed E-state index contributed by atoms with van der Waals surface area (Å²) in [6.07, 6.45) is 1.37. The Morgan fingerprint density at radius 3 is 2.50 bits per heavy atom. The Morgan fingerprint density at radius 1 is 1.14 bits per heavy atom. The van der Waals surface area contributed by atoms with E-state index in [1.165, 1.54) is 16.4 Å². The molecule has 5 heteroatoms. The molecule has 22 heavy (non-hydrogen) atoms. The number of nitrogens with zero attached hydrogens (tertiary/aromatic N) is 1. The lowest BCUT2D eigenvalue weighted by atomic mass is 9.99. The van der Waals surface area contributed by atoms with E-state index in [1.54, 1.807) is 30.3 Å².